The third-order valence-corrected chi connectivity index (χ3v) is 5.48. The Kier molecular flexibility index (Phi) is 4.94. The van der Waals surface area contributed by atoms with Gasteiger partial charge >= 0.3 is 0 Å². The molecule has 0 spiro atoms. The van der Waals surface area contributed by atoms with Gasteiger partial charge in [-0.1, -0.05) is 24.3 Å². The maximum absolute atomic E-state index is 12.3. The lowest BCUT2D eigenvalue weighted by molar-refractivity contribution is 0.0904. The molecule has 1 fully saturated rings. The molecule has 5 nitrogen and oxygen atoms in total. The molecular formula is C22H24N2O3. The standard InChI is InChI=1S/C22H24N2O3/c23-22(26)19-8-7-14(13-20(19)24-15-9-11-27-12-10-15)16-3-1-5-18-17(16)4-2-6-21(18)25/h1,3,5,7-8,13,15,24H,2,4,6,9-12H2,(H2,23,26). The summed E-state index contributed by atoms with van der Waals surface area (Å²) in [4.78, 5) is 24.2. The highest BCUT2D eigenvalue weighted by atomic mass is 16.5. The fourth-order valence-corrected chi connectivity index (χ4v) is 4.06. The second-order valence-corrected chi connectivity index (χ2v) is 7.26. The zero-order valence-corrected chi connectivity index (χ0v) is 15.3. The van der Waals surface area contributed by atoms with Crippen LogP contribution in [0.3, 0.4) is 0 Å². The summed E-state index contributed by atoms with van der Waals surface area (Å²) in [5, 5.41) is 3.48. The number of amides is 1. The van der Waals surface area contributed by atoms with Gasteiger partial charge in [0, 0.05) is 36.9 Å². The van der Waals surface area contributed by atoms with Crippen LogP contribution in [-0.4, -0.2) is 30.9 Å². The Morgan fingerprint density at radius 1 is 1.07 bits per heavy atom. The summed E-state index contributed by atoms with van der Waals surface area (Å²) in [6, 6.07) is 11.9. The number of benzene rings is 2. The molecule has 2 aliphatic rings. The van der Waals surface area contributed by atoms with Crippen LogP contribution in [0.4, 0.5) is 5.69 Å². The molecule has 140 valence electrons. The van der Waals surface area contributed by atoms with Gasteiger partial charge in [-0.25, -0.2) is 0 Å². The molecular weight excluding hydrogens is 340 g/mol. The van der Waals surface area contributed by atoms with Crippen LogP contribution < -0.4 is 11.1 Å². The maximum Gasteiger partial charge on any atom is 0.250 e. The van der Waals surface area contributed by atoms with E-state index in [4.69, 9.17) is 10.5 Å². The molecule has 0 unspecified atom stereocenters. The summed E-state index contributed by atoms with van der Waals surface area (Å²) in [5.41, 5.74) is 10.8. The first-order chi connectivity index (χ1) is 13.1. The number of primary amides is 1. The number of nitrogens with one attached hydrogen (secondary N) is 1. The van der Waals surface area contributed by atoms with Crippen LogP contribution in [0.25, 0.3) is 11.1 Å². The van der Waals surface area contributed by atoms with Crippen molar-refractivity contribution in [3.8, 4) is 11.1 Å². The normalized spacial score (nSPS) is 17.4. The lowest BCUT2D eigenvalue weighted by Crippen LogP contribution is -2.29. The molecule has 2 aromatic carbocycles. The smallest absolute Gasteiger partial charge is 0.250 e. The van der Waals surface area contributed by atoms with Gasteiger partial charge in [0.15, 0.2) is 5.78 Å². The lowest BCUT2D eigenvalue weighted by atomic mass is 9.85. The van der Waals surface area contributed by atoms with Crippen molar-refractivity contribution in [2.75, 3.05) is 18.5 Å². The third kappa shape index (κ3) is 3.60. The number of carbonyl (C=O) groups excluding carboxylic acids is 2. The number of fused-ring (bicyclic) bond motifs is 1. The van der Waals surface area contributed by atoms with Crippen molar-refractivity contribution < 1.29 is 14.3 Å². The Hall–Kier alpha value is -2.66. The molecule has 1 amide bonds. The van der Waals surface area contributed by atoms with E-state index < -0.39 is 5.91 Å². The van der Waals surface area contributed by atoms with Crippen LogP contribution in [-0.2, 0) is 11.2 Å². The van der Waals surface area contributed by atoms with E-state index in [-0.39, 0.29) is 11.8 Å². The van der Waals surface area contributed by atoms with Crippen molar-refractivity contribution in [1.82, 2.24) is 0 Å². The minimum atomic E-state index is -0.443. The molecule has 0 aromatic heterocycles. The first-order valence-electron chi connectivity index (χ1n) is 9.57. The van der Waals surface area contributed by atoms with Crippen LogP contribution in [0.2, 0.25) is 0 Å². The Labute approximate surface area is 158 Å². The van der Waals surface area contributed by atoms with E-state index in [1.165, 1.54) is 0 Å². The molecule has 0 bridgehead atoms. The summed E-state index contributed by atoms with van der Waals surface area (Å²) in [6.45, 7) is 1.44. The van der Waals surface area contributed by atoms with Gasteiger partial charge in [-0.05, 0) is 54.5 Å². The van der Waals surface area contributed by atoms with Gasteiger partial charge in [0.25, 0.3) is 5.91 Å². The number of ether oxygens (including phenoxy) is 1. The second kappa shape index (κ2) is 7.53. The highest BCUT2D eigenvalue weighted by molar-refractivity contribution is 6.01. The average molecular weight is 364 g/mol. The Bertz CT molecular complexity index is 885. The number of hydrogen-bond donors (Lipinski definition) is 2. The largest absolute Gasteiger partial charge is 0.381 e. The predicted molar refractivity (Wildman–Crippen MR) is 105 cm³/mol. The molecule has 27 heavy (non-hydrogen) atoms. The topological polar surface area (TPSA) is 81.4 Å². The minimum Gasteiger partial charge on any atom is -0.381 e. The van der Waals surface area contributed by atoms with Crippen molar-refractivity contribution in [1.29, 1.82) is 0 Å². The van der Waals surface area contributed by atoms with Gasteiger partial charge in [-0.2, -0.15) is 0 Å². The van der Waals surface area contributed by atoms with E-state index in [1.807, 2.05) is 24.3 Å². The van der Waals surface area contributed by atoms with Crippen molar-refractivity contribution in [3.05, 3.63) is 53.1 Å². The number of nitrogens with two attached hydrogens (primary N) is 1. The molecule has 0 atom stereocenters. The SMILES string of the molecule is NC(=O)c1ccc(-c2cccc3c2CCCC3=O)cc1NC1CCOCC1. The Morgan fingerprint density at radius 2 is 1.85 bits per heavy atom. The summed E-state index contributed by atoms with van der Waals surface area (Å²) in [6.07, 6.45) is 4.20. The molecule has 1 heterocycles. The number of rotatable bonds is 4. The Morgan fingerprint density at radius 3 is 2.63 bits per heavy atom. The molecule has 2 aromatic rings. The van der Waals surface area contributed by atoms with Gasteiger partial charge in [0.1, 0.15) is 0 Å². The first kappa shape index (κ1) is 17.7. The number of hydrogen-bond acceptors (Lipinski definition) is 4. The molecule has 3 N–H and O–H groups in total. The predicted octanol–water partition coefficient (Wildman–Crippen LogP) is 3.56. The van der Waals surface area contributed by atoms with Crippen LogP contribution >= 0.6 is 0 Å². The monoisotopic (exact) mass is 364 g/mol. The molecule has 1 aliphatic heterocycles. The van der Waals surface area contributed by atoms with E-state index >= 15 is 0 Å². The van der Waals surface area contributed by atoms with E-state index in [9.17, 15) is 9.59 Å². The third-order valence-electron chi connectivity index (χ3n) is 5.48. The van der Waals surface area contributed by atoms with Crippen LogP contribution in [0.15, 0.2) is 36.4 Å². The van der Waals surface area contributed by atoms with Crippen molar-refractivity contribution in [2.24, 2.45) is 5.73 Å². The maximum atomic E-state index is 12.3. The second-order valence-electron chi connectivity index (χ2n) is 7.26. The summed E-state index contributed by atoms with van der Waals surface area (Å²) >= 11 is 0. The number of carbonyl (C=O) groups is 2. The molecule has 0 radical (unpaired) electrons. The minimum absolute atomic E-state index is 0.215. The highest BCUT2D eigenvalue weighted by Gasteiger charge is 2.22. The van der Waals surface area contributed by atoms with Crippen molar-refractivity contribution >= 4 is 17.4 Å². The van der Waals surface area contributed by atoms with Gasteiger partial charge in [0.05, 0.1) is 5.56 Å². The molecule has 5 heteroatoms. The molecule has 1 saturated heterocycles. The molecule has 0 saturated carbocycles. The highest BCUT2D eigenvalue weighted by Crippen LogP contribution is 2.34. The lowest BCUT2D eigenvalue weighted by Gasteiger charge is -2.25. The van der Waals surface area contributed by atoms with Crippen LogP contribution in [0, 0.1) is 0 Å². The average Bonchev–Trinajstić information content (AvgIpc) is 2.68. The van der Waals surface area contributed by atoms with E-state index in [1.54, 1.807) is 6.07 Å². The molecule has 1 aliphatic carbocycles. The summed E-state index contributed by atoms with van der Waals surface area (Å²) in [5.74, 6) is -0.228. The van der Waals surface area contributed by atoms with E-state index in [2.05, 4.69) is 11.4 Å². The molecule has 4 rings (SSSR count). The van der Waals surface area contributed by atoms with E-state index in [0.717, 1.165) is 66.8 Å². The van der Waals surface area contributed by atoms with E-state index in [0.29, 0.717) is 12.0 Å². The number of Topliss-reactive ketones (excluding diaryl/α,β-unsaturated/α-hetero) is 1. The first-order valence-corrected chi connectivity index (χ1v) is 9.57. The van der Waals surface area contributed by atoms with Crippen molar-refractivity contribution in [2.45, 2.75) is 38.1 Å². The fraction of sp³-hybridized carbons (Fsp3) is 0.364. The van der Waals surface area contributed by atoms with Crippen LogP contribution in [0.5, 0.6) is 0 Å². The quantitative estimate of drug-likeness (QED) is 0.869. The van der Waals surface area contributed by atoms with Gasteiger partial charge in [-0.15, -0.1) is 0 Å². The van der Waals surface area contributed by atoms with Gasteiger partial charge < -0.3 is 15.8 Å². The summed E-state index contributed by atoms with van der Waals surface area (Å²) in [7, 11) is 0. The summed E-state index contributed by atoms with van der Waals surface area (Å²) < 4.78 is 5.42. The zero-order valence-electron chi connectivity index (χ0n) is 15.3. The zero-order chi connectivity index (χ0) is 18.8. The number of anilines is 1. The van der Waals surface area contributed by atoms with Gasteiger partial charge in [0.2, 0.25) is 0 Å². The fourth-order valence-electron chi connectivity index (χ4n) is 4.06. The van der Waals surface area contributed by atoms with Crippen LogP contribution in [0.1, 0.15) is 52.0 Å². The van der Waals surface area contributed by atoms with Gasteiger partial charge in [-0.3, -0.25) is 9.59 Å². The van der Waals surface area contributed by atoms with Crippen molar-refractivity contribution in [3.63, 3.8) is 0 Å². The number of ketones is 1. The Balaban J connectivity index is 1.74.